The molecule has 1 saturated heterocycles. The normalized spacial score (nSPS) is 17.1. The number of amides is 2. The lowest BCUT2D eigenvalue weighted by Crippen LogP contribution is -2.44. The van der Waals surface area contributed by atoms with E-state index in [1.165, 1.54) is 0 Å². The molecular formula is C21H26N2O3. The van der Waals surface area contributed by atoms with Crippen molar-refractivity contribution in [1.82, 2.24) is 9.80 Å². The molecule has 1 unspecified atom stereocenters. The topological polar surface area (TPSA) is 49.9 Å². The number of hydrogen-bond donors (Lipinski definition) is 0. The average molecular weight is 354 g/mol. The summed E-state index contributed by atoms with van der Waals surface area (Å²) in [6.07, 6.45) is 1.36. The second kappa shape index (κ2) is 8.32. The molecule has 1 aliphatic rings. The minimum atomic E-state index is -0.0305. The first-order valence-electron chi connectivity index (χ1n) is 9.13. The Labute approximate surface area is 154 Å². The van der Waals surface area contributed by atoms with E-state index in [-0.39, 0.29) is 24.4 Å². The zero-order valence-electron chi connectivity index (χ0n) is 15.5. The quantitative estimate of drug-likeness (QED) is 0.768. The van der Waals surface area contributed by atoms with Gasteiger partial charge in [0.1, 0.15) is 6.54 Å². The number of likely N-dealkylation sites (tertiary alicyclic amines) is 1. The van der Waals surface area contributed by atoms with E-state index in [2.05, 4.69) is 24.3 Å². The summed E-state index contributed by atoms with van der Waals surface area (Å²) in [5, 5.41) is 2.31. The Hall–Kier alpha value is -2.40. The van der Waals surface area contributed by atoms with Crippen molar-refractivity contribution in [2.24, 2.45) is 0 Å². The molecule has 0 radical (unpaired) electrons. The van der Waals surface area contributed by atoms with Crippen molar-refractivity contribution in [3.05, 3.63) is 48.0 Å². The molecule has 2 aromatic carbocycles. The minimum absolute atomic E-state index is 0.0305. The van der Waals surface area contributed by atoms with Crippen LogP contribution >= 0.6 is 0 Å². The molecule has 1 atom stereocenters. The fourth-order valence-electron chi connectivity index (χ4n) is 3.50. The Morgan fingerprint density at radius 3 is 2.73 bits per heavy atom. The molecule has 1 aliphatic heterocycles. The molecule has 5 heteroatoms. The molecule has 0 aromatic heterocycles. The fraction of sp³-hybridized carbons (Fsp3) is 0.429. The summed E-state index contributed by atoms with van der Waals surface area (Å²) in [5.74, 6) is 0.0415. The monoisotopic (exact) mass is 354 g/mol. The number of benzene rings is 2. The van der Waals surface area contributed by atoms with E-state index in [1.807, 2.05) is 25.1 Å². The van der Waals surface area contributed by atoms with Crippen LogP contribution in [0.15, 0.2) is 42.5 Å². The van der Waals surface area contributed by atoms with Gasteiger partial charge in [-0.05, 0) is 29.7 Å². The maximum Gasteiger partial charge on any atom is 0.242 e. The number of carbonyl (C=O) groups is 2. The van der Waals surface area contributed by atoms with Crippen LogP contribution in [0, 0.1) is 0 Å². The summed E-state index contributed by atoms with van der Waals surface area (Å²) in [6.45, 7) is 3.64. The van der Waals surface area contributed by atoms with Crippen molar-refractivity contribution in [3.8, 4) is 0 Å². The van der Waals surface area contributed by atoms with Crippen molar-refractivity contribution in [2.45, 2.75) is 32.4 Å². The van der Waals surface area contributed by atoms with Crippen LogP contribution < -0.4 is 0 Å². The van der Waals surface area contributed by atoms with Crippen molar-refractivity contribution in [1.29, 1.82) is 0 Å². The zero-order chi connectivity index (χ0) is 18.5. The lowest BCUT2D eigenvalue weighted by molar-refractivity contribution is -0.140. The molecule has 1 fully saturated rings. The second-order valence-corrected chi connectivity index (χ2v) is 6.86. The van der Waals surface area contributed by atoms with Crippen molar-refractivity contribution in [2.75, 3.05) is 26.8 Å². The molecule has 3 rings (SSSR count). The highest BCUT2D eigenvalue weighted by Gasteiger charge is 2.30. The molecule has 2 amide bonds. The van der Waals surface area contributed by atoms with Crippen LogP contribution in [-0.4, -0.2) is 54.5 Å². The predicted molar refractivity (Wildman–Crippen MR) is 102 cm³/mol. The number of fused-ring (bicyclic) bond motifs is 1. The van der Waals surface area contributed by atoms with E-state index >= 15 is 0 Å². The first-order chi connectivity index (χ1) is 12.6. The van der Waals surface area contributed by atoms with Gasteiger partial charge in [-0.1, -0.05) is 42.5 Å². The van der Waals surface area contributed by atoms with Gasteiger partial charge in [0.15, 0.2) is 0 Å². The van der Waals surface area contributed by atoms with E-state index in [9.17, 15) is 9.59 Å². The van der Waals surface area contributed by atoms with Gasteiger partial charge in [0.2, 0.25) is 11.8 Å². The van der Waals surface area contributed by atoms with Crippen LogP contribution in [0.4, 0.5) is 0 Å². The van der Waals surface area contributed by atoms with Crippen LogP contribution in [0.1, 0.15) is 25.3 Å². The smallest absolute Gasteiger partial charge is 0.242 e. The van der Waals surface area contributed by atoms with Gasteiger partial charge >= 0.3 is 0 Å². The SMILES string of the molecule is COCCN(Cc1cccc2ccccc12)C(=O)CN1C(=O)CCC1C. The molecule has 5 nitrogen and oxygen atoms in total. The third-order valence-electron chi connectivity index (χ3n) is 5.09. The highest BCUT2D eigenvalue weighted by Crippen LogP contribution is 2.21. The Bertz CT molecular complexity index is 784. The van der Waals surface area contributed by atoms with E-state index in [1.54, 1.807) is 16.9 Å². The predicted octanol–water partition coefficient (Wildman–Crippen LogP) is 2.83. The summed E-state index contributed by atoms with van der Waals surface area (Å²) < 4.78 is 5.19. The van der Waals surface area contributed by atoms with Gasteiger partial charge in [-0.2, -0.15) is 0 Å². The Balaban J connectivity index is 1.79. The van der Waals surface area contributed by atoms with Gasteiger partial charge in [-0.25, -0.2) is 0 Å². The second-order valence-electron chi connectivity index (χ2n) is 6.86. The summed E-state index contributed by atoms with van der Waals surface area (Å²) >= 11 is 0. The molecule has 0 spiro atoms. The first kappa shape index (κ1) is 18.4. The Morgan fingerprint density at radius 1 is 1.23 bits per heavy atom. The molecular weight excluding hydrogens is 328 g/mol. The summed E-state index contributed by atoms with van der Waals surface area (Å²) in [5.41, 5.74) is 1.10. The Morgan fingerprint density at radius 2 is 2.00 bits per heavy atom. The van der Waals surface area contributed by atoms with Gasteiger partial charge in [0.25, 0.3) is 0 Å². The summed E-state index contributed by atoms with van der Waals surface area (Å²) in [7, 11) is 1.63. The van der Waals surface area contributed by atoms with Crippen molar-refractivity contribution in [3.63, 3.8) is 0 Å². The number of ether oxygens (including phenoxy) is 1. The van der Waals surface area contributed by atoms with Gasteiger partial charge < -0.3 is 14.5 Å². The number of methoxy groups -OCH3 is 1. The highest BCUT2D eigenvalue weighted by molar-refractivity contribution is 5.88. The largest absolute Gasteiger partial charge is 0.383 e. The van der Waals surface area contributed by atoms with E-state index in [0.717, 1.165) is 22.8 Å². The summed E-state index contributed by atoms with van der Waals surface area (Å²) in [4.78, 5) is 28.4. The molecule has 0 N–H and O–H groups in total. The van der Waals surface area contributed by atoms with Gasteiger partial charge in [0.05, 0.1) is 6.61 Å². The number of rotatable bonds is 7. The van der Waals surface area contributed by atoms with Crippen LogP contribution in [0.3, 0.4) is 0 Å². The third kappa shape index (κ3) is 4.05. The molecule has 0 aliphatic carbocycles. The molecule has 26 heavy (non-hydrogen) atoms. The number of hydrogen-bond acceptors (Lipinski definition) is 3. The highest BCUT2D eigenvalue weighted by atomic mass is 16.5. The number of nitrogens with zero attached hydrogens (tertiary/aromatic N) is 2. The zero-order valence-corrected chi connectivity index (χ0v) is 15.5. The van der Waals surface area contributed by atoms with Gasteiger partial charge in [-0.15, -0.1) is 0 Å². The molecule has 2 aromatic rings. The molecule has 138 valence electrons. The first-order valence-corrected chi connectivity index (χ1v) is 9.13. The van der Waals surface area contributed by atoms with Crippen molar-refractivity contribution >= 4 is 22.6 Å². The van der Waals surface area contributed by atoms with Gasteiger partial charge in [-0.3, -0.25) is 9.59 Å². The van der Waals surface area contributed by atoms with Crippen LogP contribution in [0.25, 0.3) is 10.8 Å². The van der Waals surface area contributed by atoms with E-state index in [4.69, 9.17) is 4.74 Å². The minimum Gasteiger partial charge on any atom is -0.383 e. The lowest BCUT2D eigenvalue weighted by Gasteiger charge is -2.27. The number of carbonyl (C=O) groups excluding carboxylic acids is 2. The van der Waals surface area contributed by atoms with Crippen LogP contribution in [0.5, 0.6) is 0 Å². The maximum atomic E-state index is 12.9. The van der Waals surface area contributed by atoms with Crippen molar-refractivity contribution < 1.29 is 14.3 Å². The standard InChI is InChI=1S/C21H26N2O3/c1-16-10-11-20(24)23(16)15-21(25)22(12-13-26-2)14-18-8-5-7-17-6-3-4-9-19(17)18/h3-9,16H,10-15H2,1-2H3. The summed E-state index contributed by atoms with van der Waals surface area (Å²) in [6, 6.07) is 14.5. The van der Waals surface area contributed by atoms with E-state index < -0.39 is 0 Å². The average Bonchev–Trinajstić information content (AvgIpc) is 2.97. The van der Waals surface area contributed by atoms with E-state index in [0.29, 0.717) is 26.1 Å². The molecule has 0 saturated carbocycles. The fourth-order valence-corrected chi connectivity index (χ4v) is 3.50. The Kier molecular flexibility index (Phi) is 5.89. The van der Waals surface area contributed by atoms with Gasteiger partial charge in [0, 0.05) is 32.7 Å². The molecule has 1 heterocycles. The van der Waals surface area contributed by atoms with Crippen LogP contribution in [0.2, 0.25) is 0 Å². The third-order valence-corrected chi connectivity index (χ3v) is 5.09. The lowest BCUT2D eigenvalue weighted by atomic mass is 10.0. The van der Waals surface area contributed by atoms with Crippen LogP contribution in [-0.2, 0) is 20.9 Å². The maximum absolute atomic E-state index is 12.9. The molecule has 0 bridgehead atoms.